The van der Waals surface area contributed by atoms with E-state index in [1.54, 1.807) is 17.0 Å². The van der Waals surface area contributed by atoms with Gasteiger partial charge in [0.1, 0.15) is 30.8 Å². The van der Waals surface area contributed by atoms with Crippen molar-refractivity contribution in [1.82, 2.24) is 14.7 Å². The lowest BCUT2D eigenvalue weighted by molar-refractivity contribution is -0.150. The zero-order valence-corrected chi connectivity index (χ0v) is 21.6. The highest BCUT2D eigenvalue weighted by Gasteiger charge is 2.34. The van der Waals surface area contributed by atoms with Gasteiger partial charge in [0.2, 0.25) is 11.8 Å². The number of fused-ring (bicyclic) bond motifs is 2. The van der Waals surface area contributed by atoms with Crippen molar-refractivity contribution in [3.05, 3.63) is 65.5 Å². The molecular formula is C28H32FN3O6. The highest BCUT2D eigenvalue weighted by molar-refractivity contribution is 5.99. The highest BCUT2D eigenvalue weighted by atomic mass is 19.1. The number of carbonyl (C=O) groups is 4. The Morgan fingerprint density at radius 3 is 2.58 bits per heavy atom. The first-order chi connectivity index (χ1) is 18.2. The predicted octanol–water partition coefficient (Wildman–Crippen LogP) is 2.63. The summed E-state index contributed by atoms with van der Waals surface area (Å²) in [4.78, 5) is 56.8. The highest BCUT2D eigenvalue weighted by Crippen LogP contribution is 2.26. The fraction of sp³-hybridized carbons (Fsp3) is 0.429. The van der Waals surface area contributed by atoms with Crippen LogP contribution in [-0.4, -0.2) is 84.3 Å². The molecule has 2 aliphatic rings. The molecule has 0 N–H and O–H groups in total. The first kappa shape index (κ1) is 27.1. The van der Waals surface area contributed by atoms with Gasteiger partial charge < -0.3 is 24.2 Å². The van der Waals surface area contributed by atoms with Crippen LogP contribution in [0.15, 0.2) is 48.5 Å². The summed E-state index contributed by atoms with van der Waals surface area (Å²) < 4.78 is 25.7. The number of rotatable bonds is 3. The van der Waals surface area contributed by atoms with Gasteiger partial charge in [-0.3, -0.25) is 14.4 Å². The van der Waals surface area contributed by atoms with Gasteiger partial charge in [0, 0.05) is 27.1 Å². The second-order valence-electron chi connectivity index (χ2n) is 9.65. The quantitative estimate of drug-likeness (QED) is 0.572. The molecule has 0 aliphatic carbocycles. The number of likely N-dealkylation sites (N-methyl/N-ethyl adjacent to an activating group) is 2. The van der Waals surface area contributed by atoms with E-state index in [9.17, 15) is 23.6 Å². The maximum atomic E-state index is 14.2. The van der Waals surface area contributed by atoms with Crippen LogP contribution in [0.2, 0.25) is 0 Å². The Balaban J connectivity index is 1.63. The summed E-state index contributed by atoms with van der Waals surface area (Å²) in [5.74, 6) is -2.36. The lowest BCUT2D eigenvalue weighted by Gasteiger charge is -2.28. The fourth-order valence-corrected chi connectivity index (χ4v) is 4.78. The van der Waals surface area contributed by atoms with E-state index >= 15 is 0 Å². The van der Waals surface area contributed by atoms with Crippen molar-refractivity contribution in [2.75, 3.05) is 33.8 Å². The smallest absolute Gasteiger partial charge is 0.329 e. The second-order valence-corrected chi connectivity index (χ2v) is 9.65. The molecule has 0 spiro atoms. The van der Waals surface area contributed by atoms with Crippen LogP contribution in [0, 0.1) is 5.82 Å². The van der Waals surface area contributed by atoms with Crippen molar-refractivity contribution >= 4 is 23.7 Å². The van der Waals surface area contributed by atoms with Crippen LogP contribution in [-0.2, 0) is 25.7 Å². The van der Waals surface area contributed by atoms with Crippen molar-refractivity contribution in [2.45, 2.75) is 44.4 Å². The molecule has 2 aliphatic heterocycles. The van der Waals surface area contributed by atoms with E-state index in [-0.39, 0.29) is 61.8 Å². The van der Waals surface area contributed by atoms with Gasteiger partial charge in [-0.25, -0.2) is 9.18 Å². The summed E-state index contributed by atoms with van der Waals surface area (Å²) >= 11 is 0. The lowest BCUT2D eigenvalue weighted by atomic mass is 10.1. The van der Waals surface area contributed by atoms with E-state index in [0.717, 1.165) is 23.0 Å². The first-order valence-corrected chi connectivity index (χ1v) is 12.7. The van der Waals surface area contributed by atoms with Crippen molar-refractivity contribution in [3.63, 3.8) is 0 Å². The summed E-state index contributed by atoms with van der Waals surface area (Å²) in [5.41, 5.74) is 0.713. The minimum absolute atomic E-state index is 0.00783. The number of nitrogens with zero attached hydrogens (tertiary/aromatic N) is 3. The first-order valence-electron chi connectivity index (χ1n) is 12.7. The summed E-state index contributed by atoms with van der Waals surface area (Å²) in [5, 5.41) is 0. The van der Waals surface area contributed by atoms with Crippen LogP contribution in [0.3, 0.4) is 0 Å². The number of carbonyl (C=O) groups excluding carboxylic acids is 4. The van der Waals surface area contributed by atoms with Gasteiger partial charge in [-0.15, -0.1) is 0 Å². The zero-order valence-electron chi connectivity index (χ0n) is 21.6. The van der Waals surface area contributed by atoms with E-state index in [2.05, 4.69) is 0 Å². The van der Waals surface area contributed by atoms with E-state index < -0.39 is 23.7 Å². The van der Waals surface area contributed by atoms with Crippen LogP contribution < -0.4 is 4.74 Å². The largest absolute Gasteiger partial charge is 0.491 e. The van der Waals surface area contributed by atoms with Crippen molar-refractivity contribution in [1.29, 1.82) is 0 Å². The second kappa shape index (κ2) is 12.1. The Morgan fingerprint density at radius 2 is 1.82 bits per heavy atom. The molecule has 2 aromatic carbocycles. The van der Waals surface area contributed by atoms with Gasteiger partial charge in [0.05, 0.1) is 18.2 Å². The van der Waals surface area contributed by atoms with Gasteiger partial charge in [0.25, 0.3) is 5.91 Å². The van der Waals surface area contributed by atoms with Crippen LogP contribution in [0.4, 0.5) is 4.39 Å². The van der Waals surface area contributed by atoms with Crippen molar-refractivity contribution < 1.29 is 33.0 Å². The standard InChI is InChI=1S/C28H32FN3O6/c1-30-16-26(34)32-14-6-9-21(32)18-37-24-12-10-20(29)15-22(24)27(35)31(2)23(11-13-25(30)33)28(36)38-17-19-7-4-3-5-8-19/h3-5,7-8,10,12,15,21,23H,6,9,11,13-14,16-18H2,1-2H3/t21-,23-/m0/s1. The lowest BCUT2D eigenvalue weighted by Crippen LogP contribution is -2.45. The minimum atomic E-state index is -1.12. The monoisotopic (exact) mass is 525 g/mol. The molecule has 202 valence electrons. The SMILES string of the molecule is CN1CC(=O)N2CCC[C@H]2COc2ccc(F)cc2C(=O)N(C)[C@H](C(=O)OCc2ccccc2)CCC1=O. The molecule has 3 amide bonds. The molecule has 2 aromatic rings. The molecule has 38 heavy (non-hydrogen) atoms. The van der Waals surface area contributed by atoms with Crippen LogP contribution in [0.5, 0.6) is 5.75 Å². The number of amides is 3. The maximum Gasteiger partial charge on any atom is 0.329 e. The Hall–Kier alpha value is -3.95. The van der Waals surface area contributed by atoms with E-state index in [4.69, 9.17) is 9.47 Å². The summed E-state index contributed by atoms with van der Waals surface area (Å²) in [7, 11) is 2.95. The van der Waals surface area contributed by atoms with Crippen LogP contribution in [0.25, 0.3) is 0 Å². The summed E-state index contributed by atoms with van der Waals surface area (Å²) in [6, 6.07) is 11.3. The number of hydrogen-bond donors (Lipinski definition) is 0. The summed E-state index contributed by atoms with van der Waals surface area (Å²) in [6.45, 7) is 0.546. The Bertz CT molecular complexity index is 1190. The van der Waals surface area contributed by atoms with Gasteiger partial charge in [0.15, 0.2) is 0 Å². The molecule has 1 saturated heterocycles. The van der Waals surface area contributed by atoms with Crippen molar-refractivity contribution in [3.8, 4) is 5.75 Å². The molecule has 0 radical (unpaired) electrons. The average molecular weight is 526 g/mol. The molecule has 9 nitrogen and oxygen atoms in total. The number of esters is 1. The Kier molecular flexibility index (Phi) is 8.60. The number of benzene rings is 2. The predicted molar refractivity (Wildman–Crippen MR) is 136 cm³/mol. The zero-order chi connectivity index (χ0) is 27.2. The molecule has 4 rings (SSSR count). The third-order valence-corrected chi connectivity index (χ3v) is 7.01. The third kappa shape index (κ3) is 6.30. The number of ether oxygens (including phenoxy) is 2. The molecule has 0 aromatic heterocycles. The normalized spacial score (nSPS) is 21.2. The molecule has 1 fully saturated rings. The fourth-order valence-electron chi connectivity index (χ4n) is 4.78. The maximum absolute atomic E-state index is 14.2. The molecule has 0 bridgehead atoms. The third-order valence-electron chi connectivity index (χ3n) is 7.01. The molecule has 0 saturated carbocycles. The van der Waals surface area contributed by atoms with E-state index in [1.165, 1.54) is 31.1 Å². The Morgan fingerprint density at radius 1 is 1.05 bits per heavy atom. The van der Waals surface area contributed by atoms with Gasteiger partial charge >= 0.3 is 5.97 Å². The molecule has 10 heteroatoms. The van der Waals surface area contributed by atoms with Gasteiger partial charge in [-0.1, -0.05) is 30.3 Å². The molecular weight excluding hydrogens is 493 g/mol. The molecule has 2 heterocycles. The number of halogens is 1. The van der Waals surface area contributed by atoms with Gasteiger partial charge in [-0.2, -0.15) is 0 Å². The minimum Gasteiger partial charge on any atom is -0.491 e. The van der Waals surface area contributed by atoms with E-state index in [0.29, 0.717) is 13.0 Å². The summed E-state index contributed by atoms with van der Waals surface area (Å²) in [6.07, 6.45) is 1.37. The number of hydrogen-bond acceptors (Lipinski definition) is 6. The van der Waals surface area contributed by atoms with Crippen molar-refractivity contribution in [2.24, 2.45) is 0 Å². The van der Waals surface area contributed by atoms with Crippen LogP contribution >= 0.6 is 0 Å². The average Bonchev–Trinajstić information content (AvgIpc) is 3.39. The van der Waals surface area contributed by atoms with E-state index in [1.807, 2.05) is 18.2 Å². The Labute approximate surface area is 221 Å². The van der Waals surface area contributed by atoms with Gasteiger partial charge in [-0.05, 0) is 43.0 Å². The van der Waals surface area contributed by atoms with Crippen LogP contribution in [0.1, 0.15) is 41.6 Å². The topological polar surface area (TPSA) is 96.5 Å². The molecule has 2 atom stereocenters. The molecule has 0 unspecified atom stereocenters.